The Bertz CT molecular complexity index is 1550. The molecule has 14 nitrogen and oxygen atoms in total. The Morgan fingerprint density at radius 2 is 1.33 bits per heavy atom. The first-order valence-electron chi connectivity index (χ1n) is 15.7. The number of aliphatic hydroxyl groups excluding tert-OH is 1. The number of amides is 4. The second kappa shape index (κ2) is 19.6. The number of rotatable bonds is 17. The van der Waals surface area contributed by atoms with E-state index in [2.05, 4.69) is 14.5 Å². The number of nitrogens with two attached hydrogens (primary N) is 1. The first-order chi connectivity index (χ1) is 25.1. The van der Waals surface area contributed by atoms with Crippen LogP contribution in [0, 0.1) is 22.5 Å². The van der Waals surface area contributed by atoms with Crippen LogP contribution in [0.3, 0.4) is 0 Å². The number of alkyl halides is 8. The molecule has 0 saturated carbocycles. The van der Waals surface area contributed by atoms with Crippen molar-refractivity contribution in [1.29, 1.82) is 0 Å². The van der Waals surface area contributed by atoms with Gasteiger partial charge in [0.05, 0.1) is 37.7 Å². The average molecular weight is 814 g/mol. The smallest absolute Gasteiger partial charge is 0.407 e. The molecule has 3 atom stereocenters. The molecule has 55 heavy (non-hydrogen) atoms. The van der Waals surface area contributed by atoms with Gasteiger partial charge in [-0.15, -0.1) is 0 Å². The average Bonchev–Trinajstić information content (AvgIpc) is 3.06. The quantitative estimate of drug-likeness (QED) is 0.0775. The number of carbonyl (C=O) groups is 4. The fourth-order valence-electron chi connectivity index (χ4n) is 4.32. The topological polar surface area (TPSA) is 197 Å². The molecule has 1 aromatic rings. The molecule has 0 saturated heterocycles. The Morgan fingerprint density at radius 1 is 0.873 bits per heavy atom. The van der Waals surface area contributed by atoms with Crippen molar-refractivity contribution in [1.82, 2.24) is 26.4 Å². The number of allylic oxidation sites excluding steroid dienone is 1. The molecular formula is C31H41F10N7O7. The van der Waals surface area contributed by atoms with Gasteiger partial charge in [-0.2, -0.15) is 26.3 Å². The summed E-state index contributed by atoms with van der Waals surface area (Å²) in [5.74, 6) is -5.94. The summed E-state index contributed by atoms with van der Waals surface area (Å²) >= 11 is 0. The van der Waals surface area contributed by atoms with E-state index < -0.39 is 115 Å². The molecule has 1 aromatic carbocycles. The minimum Gasteiger partial charge on any atom is -0.453 e. The van der Waals surface area contributed by atoms with Crippen LogP contribution in [0.5, 0.6) is 0 Å². The van der Waals surface area contributed by atoms with Gasteiger partial charge < -0.3 is 36.3 Å². The van der Waals surface area contributed by atoms with Crippen LogP contribution in [0.4, 0.5) is 53.5 Å². The molecule has 0 aromatic heterocycles. The summed E-state index contributed by atoms with van der Waals surface area (Å²) in [4.78, 5) is 53.2. The fourth-order valence-corrected chi connectivity index (χ4v) is 4.32. The summed E-state index contributed by atoms with van der Waals surface area (Å²) in [6.07, 6.45) is -16.1. The van der Waals surface area contributed by atoms with Crippen LogP contribution in [-0.2, 0) is 25.6 Å². The lowest BCUT2D eigenvalue weighted by Crippen LogP contribution is -2.62. The molecule has 1 rings (SSSR count). The predicted molar refractivity (Wildman–Crippen MR) is 174 cm³/mol. The van der Waals surface area contributed by atoms with Crippen molar-refractivity contribution >= 4 is 35.9 Å². The number of ether oxygens (including phenoxy) is 2. The molecule has 0 aliphatic carbocycles. The number of hydrogen-bond acceptors (Lipinski definition) is 10. The number of hydrazine groups is 1. The van der Waals surface area contributed by atoms with Gasteiger partial charge in [0.2, 0.25) is 5.91 Å². The monoisotopic (exact) mass is 813 g/mol. The SMILES string of the molecule is COC(=O)NC(C(=O)NC[C@@H](O)CN(Cc1c(F)cc(C(N)=CC=NCC(F)F)cc1F)NC(=O)[C@@H](NC(=O)OC)C(C)(C)C(F)(F)F)C(C)(C)C(F)(F)F. The minimum absolute atomic E-state index is 0.327. The van der Waals surface area contributed by atoms with Gasteiger partial charge in [0.15, 0.2) is 0 Å². The van der Waals surface area contributed by atoms with Crippen molar-refractivity contribution in [3.05, 3.63) is 41.0 Å². The molecule has 7 N–H and O–H groups in total. The zero-order valence-corrected chi connectivity index (χ0v) is 30.1. The first-order valence-corrected chi connectivity index (χ1v) is 15.7. The van der Waals surface area contributed by atoms with Crippen LogP contribution >= 0.6 is 0 Å². The van der Waals surface area contributed by atoms with Gasteiger partial charge in [-0.25, -0.2) is 32.2 Å². The summed E-state index contributed by atoms with van der Waals surface area (Å²) in [6, 6.07) is -3.53. The maximum Gasteiger partial charge on any atom is 0.407 e. The van der Waals surface area contributed by atoms with E-state index in [1.807, 2.05) is 10.7 Å². The third kappa shape index (κ3) is 13.7. The molecule has 0 heterocycles. The van der Waals surface area contributed by atoms with Crippen LogP contribution in [0.1, 0.15) is 38.8 Å². The molecule has 312 valence electrons. The number of carbonyl (C=O) groups excluding carboxylic acids is 4. The second-order valence-corrected chi connectivity index (χ2v) is 12.8. The lowest BCUT2D eigenvalue weighted by molar-refractivity contribution is -0.221. The zero-order valence-electron chi connectivity index (χ0n) is 30.1. The van der Waals surface area contributed by atoms with Crippen molar-refractivity contribution in [2.45, 2.75) is 71.2 Å². The molecule has 24 heteroatoms. The molecule has 4 amide bonds. The normalized spacial score (nSPS) is 14.7. The number of nitrogens with zero attached hydrogens (tertiary/aromatic N) is 2. The Balaban J connectivity index is 3.57. The van der Waals surface area contributed by atoms with Crippen LogP contribution in [0.2, 0.25) is 0 Å². The van der Waals surface area contributed by atoms with E-state index in [1.54, 1.807) is 10.6 Å². The van der Waals surface area contributed by atoms with Crippen LogP contribution in [-0.4, -0.2) is 111 Å². The van der Waals surface area contributed by atoms with E-state index in [-0.39, 0.29) is 11.3 Å². The second-order valence-electron chi connectivity index (χ2n) is 12.8. The van der Waals surface area contributed by atoms with Gasteiger partial charge in [0.25, 0.3) is 12.3 Å². The van der Waals surface area contributed by atoms with Gasteiger partial charge in [-0.05, 0) is 45.9 Å². The lowest BCUT2D eigenvalue weighted by Gasteiger charge is -2.37. The Morgan fingerprint density at radius 3 is 1.75 bits per heavy atom. The summed E-state index contributed by atoms with van der Waals surface area (Å²) in [7, 11) is 1.58. The maximum absolute atomic E-state index is 15.3. The van der Waals surface area contributed by atoms with Gasteiger partial charge >= 0.3 is 24.5 Å². The first kappa shape index (κ1) is 48.1. The predicted octanol–water partition coefficient (Wildman–Crippen LogP) is 3.54. The van der Waals surface area contributed by atoms with E-state index in [4.69, 9.17) is 5.73 Å². The number of halogens is 10. The Kier molecular flexibility index (Phi) is 17.2. The molecule has 0 aliphatic heterocycles. The van der Waals surface area contributed by atoms with Crippen molar-refractivity contribution in [2.75, 3.05) is 33.9 Å². The largest absolute Gasteiger partial charge is 0.453 e. The van der Waals surface area contributed by atoms with Crippen molar-refractivity contribution in [3.63, 3.8) is 0 Å². The highest BCUT2D eigenvalue weighted by Gasteiger charge is 2.57. The Hall–Kier alpha value is -4.87. The molecule has 0 spiro atoms. The van der Waals surface area contributed by atoms with E-state index in [0.717, 1.165) is 26.5 Å². The maximum atomic E-state index is 15.3. The highest BCUT2D eigenvalue weighted by molar-refractivity contribution is 5.87. The number of methoxy groups -OCH3 is 2. The highest BCUT2D eigenvalue weighted by atomic mass is 19.4. The third-order valence-corrected chi connectivity index (χ3v) is 7.96. The number of nitrogens with one attached hydrogen (secondary N) is 4. The number of aliphatic hydroxyl groups is 1. The number of hydrogen-bond donors (Lipinski definition) is 6. The number of benzene rings is 1. The van der Waals surface area contributed by atoms with Crippen LogP contribution < -0.4 is 27.1 Å². The number of alkyl carbamates (subject to hydrolysis) is 2. The van der Waals surface area contributed by atoms with Gasteiger partial charge in [0, 0.05) is 42.7 Å². The van der Waals surface area contributed by atoms with Gasteiger partial charge in [0.1, 0.15) is 23.7 Å². The standard InChI is InChI=1S/C31H41F10N7O7/c1-28(2,30(36,37)38)22(45-26(52)54-5)24(50)44-11-16(49)13-48(47-25(51)23(46-27(53)55-6)29(3,4)31(39,40)41)14-17-18(32)9-15(10-19(17)33)20(42)7-8-43-12-21(34)35/h7-10,16,21-23,49H,11-14,42H2,1-6H3,(H,44,50)(H,45,52)(H,46,53)(H,47,51)/t16-,22?,23-/m1/s1. The Labute approximate surface area is 307 Å². The van der Waals surface area contributed by atoms with Crippen LogP contribution in [0.15, 0.2) is 23.2 Å². The summed E-state index contributed by atoms with van der Waals surface area (Å²) in [6.45, 7) is -1.79. The fraction of sp³-hybridized carbons (Fsp3) is 0.581. The van der Waals surface area contributed by atoms with Gasteiger partial charge in [-0.3, -0.25) is 20.0 Å². The van der Waals surface area contributed by atoms with E-state index in [0.29, 0.717) is 44.8 Å². The summed E-state index contributed by atoms with van der Waals surface area (Å²) < 4.78 is 147. The molecule has 1 unspecified atom stereocenters. The zero-order chi connectivity index (χ0) is 42.7. The van der Waals surface area contributed by atoms with E-state index in [1.165, 1.54) is 0 Å². The summed E-state index contributed by atoms with van der Waals surface area (Å²) in [5.41, 5.74) is 0.1000. The van der Waals surface area contributed by atoms with E-state index >= 15 is 8.78 Å². The van der Waals surface area contributed by atoms with Crippen molar-refractivity contribution in [3.8, 4) is 0 Å². The molecule has 0 aliphatic rings. The van der Waals surface area contributed by atoms with Crippen molar-refractivity contribution < 1.29 is 77.7 Å². The van der Waals surface area contributed by atoms with Crippen molar-refractivity contribution in [2.24, 2.45) is 21.6 Å². The van der Waals surface area contributed by atoms with E-state index in [9.17, 15) is 59.4 Å². The van der Waals surface area contributed by atoms with Crippen LogP contribution in [0.25, 0.3) is 5.70 Å². The summed E-state index contributed by atoms with van der Waals surface area (Å²) in [5, 5.41) is 16.6. The van der Waals surface area contributed by atoms with Gasteiger partial charge in [-0.1, -0.05) is 0 Å². The molecule has 0 fully saturated rings. The minimum atomic E-state index is -5.17. The molecule has 0 bridgehead atoms. The third-order valence-electron chi connectivity index (χ3n) is 7.96. The molecule has 0 radical (unpaired) electrons. The molecular weight excluding hydrogens is 772 g/mol. The number of aliphatic imine (C=N–C) groups is 1. The highest BCUT2D eigenvalue weighted by Crippen LogP contribution is 2.41. The lowest BCUT2D eigenvalue weighted by atomic mass is 9.83.